The summed E-state index contributed by atoms with van der Waals surface area (Å²) in [5, 5.41) is 121. The molecule has 3 aliphatic rings. The fourth-order valence-corrected chi connectivity index (χ4v) is 12.5. The molecule has 3 aliphatic heterocycles. The molecule has 534 valence electrons. The number of hydrogen-bond donors (Lipinski definition) is 12. The van der Waals surface area contributed by atoms with Crippen LogP contribution >= 0.6 is 0 Å². The number of carbonyl (C=O) groups excluding carboxylic acids is 1. The molecule has 0 aromatic rings. The van der Waals surface area contributed by atoms with Crippen LogP contribution in [0.5, 0.6) is 0 Å². The molecule has 0 radical (unpaired) electrons. The summed E-state index contributed by atoms with van der Waals surface area (Å²) in [6.45, 7) is 1.72. The summed E-state index contributed by atoms with van der Waals surface area (Å²) < 4.78 is 34.4. The van der Waals surface area contributed by atoms with E-state index in [9.17, 15) is 61.0 Å². The molecule has 12 N–H and O–H groups in total. The van der Waals surface area contributed by atoms with Gasteiger partial charge >= 0.3 is 0 Å². The van der Waals surface area contributed by atoms with Gasteiger partial charge in [-0.25, -0.2) is 0 Å². The number of amides is 1. The van der Waals surface area contributed by atoms with Crippen LogP contribution in [0, 0.1) is 0 Å². The Balaban J connectivity index is 1.38. The van der Waals surface area contributed by atoms with Gasteiger partial charge in [-0.2, -0.15) is 0 Å². The van der Waals surface area contributed by atoms with Crippen LogP contribution in [0.3, 0.4) is 0 Å². The Morgan fingerprint density at radius 1 is 0.396 bits per heavy atom. The Labute approximate surface area is 549 Å². The molecule has 1 amide bonds. The highest BCUT2D eigenvalue weighted by Gasteiger charge is 2.53. The highest BCUT2D eigenvalue weighted by atomic mass is 16.8. The van der Waals surface area contributed by atoms with Crippen molar-refractivity contribution in [2.24, 2.45) is 0 Å². The summed E-state index contributed by atoms with van der Waals surface area (Å²) >= 11 is 0. The first kappa shape index (κ1) is 83.2. The number of carbonyl (C=O) groups is 1. The second kappa shape index (κ2) is 54.1. The third-order valence-corrected chi connectivity index (χ3v) is 18.4. The van der Waals surface area contributed by atoms with Gasteiger partial charge in [0, 0.05) is 6.42 Å². The molecule has 3 saturated heterocycles. The SMILES string of the molecule is CCCCC/C=C\C/C=C\CCCCCCCC(=O)NC(COC1OC(CO)C(OC2OC(CO)C(OC3OC(CO)C(O)C(O)C3O)C(O)C2O)C(O)C1O)C(O)/C=C/CCCCCCCCCCCCCCCCCCCCCCCCCCCCCCC. The van der Waals surface area contributed by atoms with E-state index < -0.39 is 124 Å². The van der Waals surface area contributed by atoms with E-state index in [0.29, 0.717) is 6.42 Å². The van der Waals surface area contributed by atoms with Gasteiger partial charge in [0.2, 0.25) is 5.91 Å². The summed E-state index contributed by atoms with van der Waals surface area (Å²) in [5.41, 5.74) is 0. The van der Waals surface area contributed by atoms with Crippen LogP contribution in [0.25, 0.3) is 0 Å². The lowest BCUT2D eigenvalue weighted by atomic mass is 9.96. The molecule has 19 heteroatoms. The Morgan fingerprint density at radius 3 is 1.14 bits per heavy atom. The van der Waals surface area contributed by atoms with Gasteiger partial charge < -0.3 is 89.9 Å². The van der Waals surface area contributed by atoms with Gasteiger partial charge in [0.05, 0.1) is 38.6 Å². The van der Waals surface area contributed by atoms with Gasteiger partial charge in [0.25, 0.3) is 0 Å². The maximum Gasteiger partial charge on any atom is 0.220 e. The molecule has 3 fully saturated rings. The molecule has 0 aromatic carbocycles. The van der Waals surface area contributed by atoms with Crippen molar-refractivity contribution >= 4 is 5.91 Å². The Bertz CT molecular complexity index is 1790. The third-order valence-electron chi connectivity index (χ3n) is 18.4. The number of aliphatic hydroxyl groups is 11. The Hall–Kier alpha value is -1.99. The molecule has 91 heavy (non-hydrogen) atoms. The van der Waals surface area contributed by atoms with Crippen LogP contribution < -0.4 is 5.32 Å². The van der Waals surface area contributed by atoms with Crippen molar-refractivity contribution in [1.29, 1.82) is 0 Å². The van der Waals surface area contributed by atoms with E-state index in [1.165, 1.54) is 186 Å². The van der Waals surface area contributed by atoms with Crippen LogP contribution in [0.4, 0.5) is 0 Å². The highest BCUT2D eigenvalue weighted by Crippen LogP contribution is 2.33. The molecule has 0 aliphatic carbocycles. The van der Waals surface area contributed by atoms with E-state index in [1.807, 2.05) is 6.08 Å². The monoisotopic (exact) mass is 1300 g/mol. The summed E-state index contributed by atoms with van der Waals surface area (Å²) in [7, 11) is 0. The van der Waals surface area contributed by atoms with Gasteiger partial charge in [-0.05, 0) is 51.4 Å². The Morgan fingerprint density at radius 2 is 0.725 bits per heavy atom. The van der Waals surface area contributed by atoms with Crippen molar-refractivity contribution < 1.29 is 89.4 Å². The predicted molar refractivity (Wildman–Crippen MR) is 356 cm³/mol. The molecule has 17 unspecified atom stereocenters. The molecule has 0 aromatic heterocycles. The van der Waals surface area contributed by atoms with Gasteiger partial charge in [-0.3, -0.25) is 4.79 Å². The van der Waals surface area contributed by atoms with E-state index in [0.717, 1.165) is 70.6 Å². The van der Waals surface area contributed by atoms with Crippen LogP contribution in [0.2, 0.25) is 0 Å². The van der Waals surface area contributed by atoms with Gasteiger partial charge in [-0.15, -0.1) is 0 Å². The Kier molecular flexibility index (Phi) is 49.5. The zero-order valence-electron chi connectivity index (χ0n) is 56.6. The number of unbranched alkanes of at least 4 members (excludes halogenated alkanes) is 37. The summed E-state index contributed by atoms with van der Waals surface area (Å²) in [4.78, 5) is 13.4. The van der Waals surface area contributed by atoms with E-state index >= 15 is 0 Å². The minimum atomic E-state index is -1.98. The number of ether oxygens (including phenoxy) is 6. The number of hydrogen-bond acceptors (Lipinski definition) is 18. The van der Waals surface area contributed by atoms with Crippen molar-refractivity contribution in [3.05, 3.63) is 36.5 Å². The van der Waals surface area contributed by atoms with E-state index in [4.69, 9.17) is 28.4 Å². The maximum atomic E-state index is 13.4. The number of nitrogens with one attached hydrogen (secondary N) is 1. The van der Waals surface area contributed by atoms with Crippen molar-refractivity contribution in [2.75, 3.05) is 26.4 Å². The smallest absolute Gasteiger partial charge is 0.220 e. The maximum absolute atomic E-state index is 13.4. The first-order valence-corrected chi connectivity index (χ1v) is 36.7. The van der Waals surface area contributed by atoms with Gasteiger partial charge in [-0.1, -0.05) is 262 Å². The molecule has 3 heterocycles. The lowest BCUT2D eigenvalue weighted by Gasteiger charge is -2.48. The highest BCUT2D eigenvalue weighted by molar-refractivity contribution is 5.76. The van der Waals surface area contributed by atoms with Crippen molar-refractivity contribution in [3.8, 4) is 0 Å². The fraction of sp³-hybridized carbons (Fsp3) is 0.903. The van der Waals surface area contributed by atoms with Crippen molar-refractivity contribution in [1.82, 2.24) is 5.32 Å². The molecule has 3 rings (SSSR count). The van der Waals surface area contributed by atoms with Crippen molar-refractivity contribution in [2.45, 2.75) is 388 Å². The lowest BCUT2D eigenvalue weighted by Crippen LogP contribution is -2.66. The minimum absolute atomic E-state index is 0.228. The molecular weight excluding hydrogens is 1170 g/mol. The van der Waals surface area contributed by atoms with Crippen LogP contribution in [0.1, 0.15) is 284 Å². The fourth-order valence-electron chi connectivity index (χ4n) is 12.5. The molecule has 19 nitrogen and oxygen atoms in total. The average Bonchev–Trinajstić information content (AvgIpc) is 0.883. The van der Waals surface area contributed by atoms with E-state index in [1.54, 1.807) is 6.08 Å². The topological polar surface area (TPSA) is 307 Å². The predicted octanol–water partition coefficient (Wildman–Crippen LogP) is 10.4. The van der Waals surface area contributed by atoms with Gasteiger partial charge in [0.1, 0.15) is 73.2 Å². The van der Waals surface area contributed by atoms with E-state index in [2.05, 4.69) is 43.5 Å². The standard InChI is InChI=1S/C72H133NO18/c1-3-5-7-9-11-13-15-17-19-20-21-22-23-24-25-26-27-28-29-30-31-32-33-34-36-37-39-41-43-45-47-49-56(77)55(73-60(78)50-48-46-44-42-40-38-35-18-16-14-12-10-8-6-4-2)54-86-70-66(84)63(81)68(58(52-75)88-70)91-72-67(85)64(82)69(59(53-76)89-72)90-71-65(83)62(80)61(79)57(51-74)87-71/h12,14,18,35,47,49,55-59,61-72,74-77,79-85H,3-11,13,15-17,19-34,36-46,48,50-54H2,1-2H3,(H,73,78)/b14-12-,35-18-,49-47+. The molecule has 0 spiro atoms. The summed E-state index contributed by atoms with van der Waals surface area (Å²) in [6.07, 6.45) is 37.1. The van der Waals surface area contributed by atoms with E-state index in [-0.39, 0.29) is 18.9 Å². The minimum Gasteiger partial charge on any atom is -0.394 e. The van der Waals surface area contributed by atoms with Crippen molar-refractivity contribution in [3.63, 3.8) is 0 Å². The zero-order chi connectivity index (χ0) is 66.1. The number of rotatable bonds is 57. The second-order valence-electron chi connectivity index (χ2n) is 26.4. The first-order valence-electron chi connectivity index (χ1n) is 36.7. The van der Waals surface area contributed by atoms with Crippen LogP contribution in [0.15, 0.2) is 36.5 Å². The molecule has 17 atom stereocenters. The lowest BCUT2D eigenvalue weighted by molar-refractivity contribution is -0.379. The third kappa shape index (κ3) is 35.7. The molecule has 0 bridgehead atoms. The average molecular weight is 1300 g/mol. The largest absolute Gasteiger partial charge is 0.394 e. The molecule has 0 saturated carbocycles. The van der Waals surface area contributed by atoms with Gasteiger partial charge in [0.15, 0.2) is 18.9 Å². The second-order valence-corrected chi connectivity index (χ2v) is 26.4. The zero-order valence-corrected chi connectivity index (χ0v) is 56.6. The number of allylic oxidation sites excluding steroid dienone is 5. The number of aliphatic hydroxyl groups excluding tert-OH is 11. The summed E-state index contributed by atoms with van der Waals surface area (Å²) in [5.74, 6) is -0.287. The summed E-state index contributed by atoms with van der Waals surface area (Å²) in [6, 6.07) is -0.981. The molecular formula is C72H133NO18. The van der Waals surface area contributed by atoms with Crippen LogP contribution in [-0.2, 0) is 33.2 Å². The normalized spacial score (nSPS) is 28.0. The first-order chi connectivity index (χ1) is 44.3. The quantitative estimate of drug-likeness (QED) is 0.0199. The van der Waals surface area contributed by atoms with Crippen LogP contribution in [-0.4, -0.2) is 193 Å².